The Labute approximate surface area is 99.3 Å². The molecule has 0 spiro atoms. The predicted molar refractivity (Wildman–Crippen MR) is 58.3 cm³/mol. The minimum atomic E-state index is -0.516. The number of hydrogen-bond donors (Lipinski definition) is 1. The third-order valence-corrected chi connectivity index (χ3v) is 1.58. The first-order chi connectivity index (χ1) is 7.76. The Morgan fingerprint density at radius 3 is 2.65 bits per heavy atom. The molecule has 7 heteroatoms. The number of carbonyl (C=O) groups is 2. The fourth-order valence-electron chi connectivity index (χ4n) is 1.15. The number of hydrogen-bond acceptors (Lipinski definition) is 4. The van der Waals surface area contributed by atoms with Gasteiger partial charge in [-0.3, -0.25) is 4.79 Å². The van der Waals surface area contributed by atoms with E-state index in [4.69, 9.17) is 4.74 Å². The highest BCUT2D eigenvalue weighted by molar-refractivity contribution is 5.79. The molecule has 1 N–H and O–H groups in total. The van der Waals surface area contributed by atoms with Crippen LogP contribution in [0.3, 0.4) is 0 Å². The summed E-state index contributed by atoms with van der Waals surface area (Å²) in [5, 5.41) is 3.90. The molecule has 0 aliphatic rings. The summed E-state index contributed by atoms with van der Waals surface area (Å²) in [6, 6.07) is 0. The number of esters is 1. The summed E-state index contributed by atoms with van der Waals surface area (Å²) in [6.07, 6.45) is 2.89. The van der Waals surface area contributed by atoms with Crippen molar-refractivity contribution < 1.29 is 19.0 Å². The Morgan fingerprint density at radius 2 is 2.12 bits per heavy atom. The van der Waals surface area contributed by atoms with Crippen LogP contribution >= 0.6 is 0 Å². The van der Waals surface area contributed by atoms with Gasteiger partial charge in [-0.15, -0.1) is 9.36 Å². The van der Waals surface area contributed by atoms with Gasteiger partial charge in [0.15, 0.2) is 0 Å². The highest BCUT2D eigenvalue weighted by Gasteiger charge is 2.19. The van der Waals surface area contributed by atoms with Crippen LogP contribution in [-0.2, 0) is 20.9 Å². The first-order valence-corrected chi connectivity index (χ1v) is 5.19. The number of rotatable bonds is 3. The van der Waals surface area contributed by atoms with Crippen LogP contribution in [0.2, 0.25) is 0 Å². The Balaban J connectivity index is 2.55. The second-order valence-corrected chi connectivity index (χ2v) is 4.61. The van der Waals surface area contributed by atoms with Crippen LogP contribution in [0, 0.1) is 0 Å². The van der Waals surface area contributed by atoms with E-state index in [9.17, 15) is 9.59 Å². The van der Waals surface area contributed by atoms with E-state index in [1.807, 2.05) is 0 Å². The fourth-order valence-corrected chi connectivity index (χ4v) is 1.15. The number of nitrogens with one attached hydrogen (secondary N) is 1. The molecule has 0 atom stereocenters. The summed E-state index contributed by atoms with van der Waals surface area (Å²) in [6.45, 7) is 6.78. The summed E-state index contributed by atoms with van der Waals surface area (Å²) in [7, 11) is 0. The van der Waals surface area contributed by atoms with Gasteiger partial charge in [0, 0.05) is 12.0 Å². The van der Waals surface area contributed by atoms with E-state index in [0.29, 0.717) is 0 Å². The molecule has 94 valence electrons. The lowest BCUT2D eigenvalue weighted by atomic mass is 10.2. The molecule has 1 amide bonds. The SMILES string of the molecule is CC(=O)N[n+]1cnn(CC(=O)OC(C)(C)C)c1. The van der Waals surface area contributed by atoms with E-state index >= 15 is 0 Å². The van der Waals surface area contributed by atoms with Gasteiger partial charge in [0.2, 0.25) is 18.8 Å². The van der Waals surface area contributed by atoms with Gasteiger partial charge >= 0.3 is 5.97 Å². The average Bonchev–Trinajstić information content (AvgIpc) is 2.46. The number of amides is 1. The first kappa shape index (κ1) is 13.1. The Bertz CT molecular complexity index is 419. The molecule has 0 aliphatic carbocycles. The molecule has 0 aromatic carbocycles. The van der Waals surface area contributed by atoms with Crippen molar-refractivity contribution in [3.8, 4) is 0 Å². The molecule has 0 aliphatic heterocycles. The largest absolute Gasteiger partial charge is 0.458 e. The third-order valence-electron chi connectivity index (χ3n) is 1.58. The van der Waals surface area contributed by atoms with Gasteiger partial charge in [0.1, 0.15) is 5.60 Å². The standard InChI is InChI=1S/C10H16N4O3/c1-8(15)12-14-6-11-13(7-14)5-9(16)17-10(2,3)4/h6-7H,5H2,1-4H3/p+1. The number of aromatic nitrogens is 3. The van der Waals surface area contributed by atoms with Crippen LogP contribution in [0.4, 0.5) is 0 Å². The highest BCUT2D eigenvalue weighted by Crippen LogP contribution is 2.07. The van der Waals surface area contributed by atoms with Gasteiger partial charge in [0.25, 0.3) is 6.33 Å². The summed E-state index contributed by atoms with van der Waals surface area (Å²) in [5.74, 6) is -0.595. The molecule has 0 saturated carbocycles. The van der Waals surface area contributed by atoms with Gasteiger partial charge in [-0.2, -0.15) is 0 Å². The Kier molecular flexibility index (Phi) is 3.82. The molecule has 0 saturated heterocycles. The van der Waals surface area contributed by atoms with E-state index < -0.39 is 5.60 Å². The van der Waals surface area contributed by atoms with Crippen molar-refractivity contribution >= 4 is 11.9 Å². The van der Waals surface area contributed by atoms with Gasteiger partial charge in [-0.25, -0.2) is 10.2 Å². The van der Waals surface area contributed by atoms with Crippen LogP contribution in [-0.4, -0.2) is 27.3 Å². The maximum Gasteiger partial charge on any atom is 0.344 e. The maximum atomic E-state index is 11.5. The summed E-state index contributed by atoms with van der Waals surface area (Å²) < 4.78 is 7.88. The fraction of sp³-hybridized carbons (Fsp3) is 0.600. The number of carbonyl (C=O) groups excluding carboxylic acids is 2. The summed E-state index contributed by atoms with van der Waals surface area (Å²) in [4.78, 5) is 22.3. The molecule has 0 unspecified atom stereocenters. The number of nitrogens with zero attached hydrogens (tertiary/aromatic N) is 3. The van der Waals surface area contributed by atoms with E-state index in [2.05, 4.69) is 10.5 Å². The monoisotopic (exact) mass is 241 g/mol. The molecule has 1 aromatic rings. The van der Waals surface area contributed by atoms with Gasteiger partial charge in [-0.1, -0.05) is 0 Å². The minimum absolute atomic E-state index is 0.00382. The molecule has 1 aromatic heterocycles. The maximum absolute atomic E-state index is 11.5. The zero-order valence-corrected chi connectivity index (χ0v) is 10.4. The molecule has 0 bridgehead atoms. The lowest BCUT2D eigenvalue weighted by molar-refractivity contribution is -0.643. The van der Waals surface area contributed by atoms with Crippen molar-refractivity contribution in [1.29, 1.82) is 0 Å². The van der Waals surface area contributed by atoms with Crippen LogP contribution in [0.25, 0.3) is 0 Å². The zero-order valence-electron chi connectivity index (χ0n) is 10.4. The Hall–Kier alpha value is -1.92. The topological polar surface area (TPSA) is 77.1 Å². The molecule has 0 fully saturated rings. The average molecular weight is 241 g/mol. The van der Waals surface area contributed by atoms with Gasteiger partial charge < -0.3 is 4.74 Å². The molecular weight excluding hydrogens is 224 g/mol. The second-order valence-electron chi connectivity index (χ2n) is 4.61. The molecule has 7 nitrogen and oxygen atoms in total. The summed E-state index contributed by atoms with van der Waals surface area (Å²) in [5.41, 5.74) is 1.97. The molecule has 1 rings (SSSR count). The molecule has 0 radical (unpaired) electrons. The molecule has 1 heterocycles. The zero-order chi connectivity index (χ0) is 13.1. The third kappa shape index (κ3) is 5.10. The van der Waals surface area contributed by atoms with Gasteiger partial charge in [-0.05, 0) is 20.8 Å². The quantitative estimate of drug-likeness (QED) is 0.577. The predicted octanol–water partition coefficient (Wildman–Crippen LogP) is -0.398. The van der Waals surface area contributed by atoms with Crippen LogP contribution in [0.5, 0.6) is 0 Å². The molecular formula is C10H17N4O3+. The van der Waals surface area contributed by atoms with E-state index in [0.717, 1.165) is 0 Å². The van der Waals surface area contributed by atoms with Crippen molar-refractivity contribution in [2.75, 3.05) is 5.43 Å². The Morgan fingerprint density at radius 1 is 1.47 bits per heavy atom. The minimum Gasteiger partial charge on any atom is -0.458 e. The second kappa shape index (κ2) is 4.94. The lowest BCUT2D eigenvalue weighted by Crippen LogP contribution is -2.45. The summed E-state index contributed by atoms with van der Waals surface area (Å²) >= 11 is 0. The van der Waals surface area contributed by atoms with E-state index in [1.165, 1.54) is 28.9 Å². The van der Waals surface area contributed by atoms with Crippen LogP contribution in [0.1, 0.15) is 27.7 Å². The first-order valence-electron chi connectivity index (χ1n) is 5.19. The number of ether oxygens (including phenoxy) is 1. The lowest BCUT2D eigenvalue weighted by Gasteiger charge is -2.18. The van der Waals surface area contributed by atoms with Crippen molar-refractivity contribution in [3.05, 3.63) is 12.7 Å². The van der Waals surface area contributed by atoms with Gasteiger partial charge in [0.05, 0.1) is 0 Å². The van der Waals surface area contributed by atoms with Crippen LogP contribution in [0.15, 0.2) is 12.7 Å². The van der Waals surface area contributed by atoms with Crippen molar-refractivity contribution in [1.82, 2.24) is 9.78 Å². The van der Waals surface area contributed by atoms with Crippen molar-refractivity contribution in [3.63, 3.8) is 0 Å². The van der Waals surface area contributed by atoms with Crippen LogP contribution < -0.4 is 10.1 Å². The molecule has 17 heavy (non-hydrogen) atoms. The van der Waals surface area contributed by atoms with Crippen molar-refractivity contribution in [2.45, 2.75) is 39.8 Å². The smallest absolute Gasteiger partial charge is 0.344 e. The highest BCUT2D eigenvalue weighted by atomic mass is 16.6. The van der Waals surface area contributed by atoms with E-state index in [1.54, 1.807) is 20.8 Å². The van der Waals surface area contributed by atoms with Crippen molar-refractivity contribution in [2.24, 2.45) is 0 Å². The van der Waals surface area contributed by atoms with E-state index in [-0.39, 0.29) is 18.4 Å². The normalized spacial score (nSPS) is 11.1.